The van der Waals surface area contributed by atoms with Crippen molar-refractivity contribution < 1.29 is 4.39 Å². The Bertz CT molecular complexity index is 290. The molecule has 0 aliphatic heterocycles. The summed E-state index contributed by atoms with van der Waals surface area (Å²) >= 11 is 0. The van der Waals surface area contributed by atoms with Crippen molar-refractivity contribution in [1.82, 2.24) is 5.32 Å². The lowest BCUT2D eigenvalue weighted by Crippen LogP contribution is -2.14. The van der Waals surface area contributed by atoms with Crippen LogP contribution in [-0.4, -0.2) is 13.1 Å². The van der Waals surface area contributed by atoms with Crippen LogP contribution in [0.3, 0.4) is 0 Å². The summed E-state index contributed by atoms with van der Waals surface area (Å²) in [6, 6.07) is 6.50. The third kappa shape index (κ3) is 5.33. The van der Waals surface area contributed by atoms with Gasteiger partial charge in [0.1, 0.15) is 5.82 Å². The molecule has 0 aliphatic rings. The second-order valence-electron chi connectivity index (χ2n) is 3.51. The maximum Gasteiger partial charge on any atom is 0.123 e. The summed E-state index contributed by atoms with van der Waals surface area (Å²) < 4.78 is 12.6. The fourth-order valence-electron chi connectivity index (χ4n) is 1.26. The molecular weight excluding hydrogens is 189 g/mol. The van der Waals surface area contributed by atoms with Crippen LogP contribution in [0.4, 0.5) is 4.39 Å². The van der Waals surface area contributed by atoms with E-state index >= 15 is 0 Å². The van der Waals surface area contributed by atoms with Crippen LogP contribution in [0.15, 0.2) is 30.3 Å². The minimum absolute atomic E-state index is 0.187. The summed E-state index contributed by atoms with van der Waals surface area (Å²) in [5.41, 5.74) is 1.04. The lowest BCUT2D eigenvalue weighted by Gasteiger charge is -1.98. The second kappa shape index (κ2) is 7.18. The van der Waals surface area contributed by atoms with E-state index in [1.165, 1.54) is 25.0 Å². The Hall–Kier alpha value is -1.15. The molecule has 0 radical (unpaired) electrons. The zero-order valence-corrected chi connectivity index (χ0v) is 9.17. The van der Waals surface area contributed by atoms with Crippen molar-refractivity contribution in [3.8, 4) is 0 Å². The molecule has 0 amide bonds. The van der Waals surface area contributed by atoms with Gasteiger partial charge in [-0.15, -0.1) is 0 Å². The average molecular weight is 207 g/mol. The molecule has 82 valence electrons. The highest BCUT2D eigenvalue weighted by molar-refractivity contribution is 5.48. The molecule has 0 heterocycles. The number of hydrogen-bond donors (Lipinski definition) is 1. The van der Waals surface area contributed by atoms with E-state index in [0.717, 1.165) is 18.7 Å². The summed E-state index contributed by atoms with van der Waals surface area (Å²) in [5.74, 6) is -0.187. The lowest BCUT2D eigenvalue weighted by atomic mass is 10.2. The van der Waals surface area contributed by atoms with Gasteiger partial charge in [0.05, 0.1) is 0 Å². The maximum absolute atomic E-state index is 12.6. The molecule has 1 aromatic rings. The highest BCUT2D eigenvalue weighted by Gasteiger charge is 1.88. The van der Waals surface area contributed by atoms with Crippen LogP contribution in [0.5, 0.6) is 0 Å². The zero-order valence-electron chi connectivity index (χ0n) is 9.17. The first-order valence-corrected chi connectivity index (χ1v) is 5.45. The zero-order chi connectivity index (χ0) is 10.9. The van der Waals surface area contributed by atoms with Gasteiger partial charge in [-0.1, -0.05) is 37.6 Å². The first kappa shape index (κ1) is 11.9. The Morgan fingerprint density at radius 1 is 1.27 bits per heavy atom. The topological polar surface area (TPSA) is 12.0 Å². The third-order valence-electron chi connectivity index (χ3n) is 2.15. The van der Waals surface area contributed by atoms with Crippen molar-refractivity contribution in [1.29, 1.82) is 0 Å². The normalized spacial score (nSPS) is 11.1. The van der Waals surface area contributed by atoms with Gasteiger partial charge in [-0.2, -0.15) is 0 Å². The van der Waals surface area contributed by atoms with Crippen LogP contribution in [0.25, 0.3) is 6.08 Å². The first-order valence-electron chi connectivity index (χ1n) is 5.45. The van der Waals surface area contributed by atoms with Gasteiger partial charge < -0.3 is 5.32 Å². The maximum atomic E-state index is 12.6. The minimum atomic E-state index is -0.187. The van der Waals surface area contributed by atoms with Gasteiger partial charge in [-0.3, -0.25) is 0 Å². The van der Waals surface area contributed by atoms with Gasteiger partial charge in [-0.25, -0.2) is 4.39 Å². The standard InChI is InChI=1S/C13H18FN/c1-2-3-10-15-11-4-5-12-6-8-13(14)9-7-12/h4-9,15H,2-3,10-11H2,1H3/b5-4+. The smallest absolute Gasteiger partial charge is 0.123 e. The third-order valence-corrected chi connectivity index (χ3v) is 2.15. The van der Waals surface area contributed by atoms with E-state index in [2.05, 4.69) is 18.3 Å². The van der Waals surface area contributed by atoms with Crippen LogP contribution in [-0.2, 0) is 0 Å². The van der Waals surface area contributed by atoms with Gasteiger partial charge >= 0.3 is 0 Å². The molecule has 0 atom stereocenters. The predicted molar refractivity (Wildman–Crippen MR) is 63.2 cm³/mol. The molecule has 0 saturated carbocycles. The van der Waals surface area contributed by atoms with E-state index in [9.17, 15) is 4.39 Å². The molecular formula is C13H18FN. The molecule has 0 spiro atoms. The summed E-state index contributed by atoms with van der Waals surface area (Å²) in [6.07, 6.45) is 6.49. The largest absolute Gasteiger partial charge is 0.313 e. The van der Waals surface area contributed by atoms with Crippen LogP contribution in [0.2, 0.25) is 0 Å². The number of unbranched alkanes of at least 4 members (excludes halogenated alkanes) is 1. The van der Waals surface area contributed by atoms with Crippen molar-refractivity contribution in [2.45, 2.75) is 19.8 Å². The summed E-state index contributed by atoms with van der Waals surface area (Å²) in [5, 5.41) is 3.31. The Morgan fingerprint density at radius 2 is 2.00 bits per heavy atom. The number of hydrogen-bond acceptors (Lipinski definition) is 1. The van der Waals surface area contributed by atoms with Crippen molar-refractivity contribution in [2.75, 3.05) is 13.1 Å². The second-order valence-corrected chi connectivity index (χ2v) is 3.51. The van der Waals surface area contributed by atoms with Crippen LogP contribution in [0.1, 0.15) is 25.3 Å². The molecule has 1 rings (SSSR count). The monoisotopic (exact) mass is 207 g/mol. The van der Waals surface area contributed by atoms with Crippen molar-refractivity contribution in [3.05, 3.63) is 41.7 Å². The van der Waals surface area contributed by atoms with E-state index in [1.807, 2.05) is 6.08 Å². The van der Waals surface area contributed by atoms with Gasteiger partial charge in [0.15, 0.2) is 0 Å². The highest BCUT2D eigenvalue weighted by atomic mass is 19.1. The molecule has 0 saturated heterocycles. The van der Waals surface area contributed by atoms with E-state index in [1.54, 1.807) is 12.1 Å². The number of rotatable bonds is 6. The summed E-state index contributed by atoms with van der Waals surface area (Å²) in [7, 11) is 0. The summed E-state index contributed by atoms with van der Waals surface area (Å²) in [6.45, 7) is 4.11. The SMILES string of the molecule is CCCCNC/C=C/c1ccc(F)cc1. The molecule has 0 aromatic heterocycles. The molecule has 0 unspecified atom stereocenters. The molecule has 0 bridgehead atoms. The lowest BCUT2D eigenvalue weighted by molar-refractivity contribution is 0.628. The molecule has 1 nitrogen and oxygen atoms in total. The fraction of sp³-hybridized carbons (Fsp3) is 0.385. The van der Waals surface area contributed by atoms with E-state index < -0.39 is 0 Å². The Morgan fingerprint density at radius 3 is 2.67 bits per heavy atom. The number of benzene rings is 1. The minimum Gasteiger partial charge on any atom is -0.313 e. The molecule has 1 aromatic carbocycles. The van der Waals surface area contributed by atoms with Gasteiger partial charge in [0.25, 0.3) is 0 Å². The molecule has 15 heavy (non-hydrogen) atoms. The van der Waals surface area contributed by atoms with Crippen molar-refractivity contribution in [3.63, 3.8) is 0 Å². The van der Waals surface area contributed by atoms with Crippen LogP contribution < -0.4 is 5.32 Å². The quantitative estimate of drug-likeness (QED) is 0.706. The highest BCUT2D eigenvalue weighted by Crippen LogP contribution is 2.03. The van der Waals surface area contributed by atoms with E-state index in [-0.39, 0.29) is 5.82 Å². The number of halogens is 1. The van der Waals surface area contributed by atoms with Gasteiger partial charge in [0.2, 0.25) is 0 Å². The molecule has 2 heteroatoms. The summed E-state index contributed by atoms with van der Waals surface area (Å²) in [4.78, 5) is 0. The van der Waals surface area contributed by atoms with Crippen molar-refractivity contribution in [2.24, 2.45) is 0 Å². The molecule has 1 N–H and O–H groups in total. The Balaban J connectivity index is 2.23. The van der Waals surface area contributed by atoms with Crippen molar-refractivity contribution >= 4 is 6.08 Å². The molecule has 0 aliphatic carbocycles. The van der Waals surface area contributed by atoms with Gasteiger partial charge in [-0.05, 0) is 30.7 Å². The Kier molecular flexibility index (Phi) is 5.71. The fourth-order valence-corrected chi connectivity index (χ4v) is 1.26. The van der Waals surface area contributed by atoms with Crippen LogP contribution >= 0.6 is 0 Å². The first-order chi connectivity index (χ1) is 7.33. The van der Waals surface area contributed by atoms with E-state index in [0.29, 0.717) is 0 Å². The van der Waals surface area contributed by atoms with E-state index in [4.69, 9.17) is 0 Å². The van der Waals surface area contributed by atoms with Gasteiger partial charge in [0, 0.05) is 6.54 Å². The predicted octanol–water partition coefficient (Wildman–Crippen LogP) is 3.23. The van der Waals surface area contributed by atoms with Crippen LogP contribution in [0, 0.1) is 5.82 Å². The average Bonchev–Trinajstić information content (AvgIpc) is 2.26. The molecule has 0 fully saturated rings. The number of nitrogens with one attached hydrogen (secondary N) is 1. The Labute approximate surface area is 91.0 Å².